The number of carbonyl (C=O) groups excluding carboxylic acids is 2. The Morgan fingerprint density at radius 1 is 1.06 bits per heavy atom. The van der Waals surface area contributed by atoms with E-state index in [0.29, 0.717) is 68.3 Å². The van der Waals surface area contributed by atoms with E-state index >= 15 is 0 Å². The second kappa shape index (κ2) is 12.2. The summed E-state index contributed by atoms with van der Waals surface area (Å²) in [6.45, 7) is 6.96. The monoisotopic (exact) mass is 634 g/mol. The average Bonchev–Trinajstić information content (AvgIpc) is 3.37. The lowest BCUT2D eigenvalue weighted by atomic mass is 9.53. The van der Waals surface area contributed by atoms with Crippen molar-refractivity contribution in [3.63, 3.8) is 0 Å². The molecule has 246 valence electrons. The maximum atomic E-state index is 13.5. The fraction of sp³-hybridized carbons (Fsp3) is 0.513. The van der Waals surface area contributed by atoms with Crippen LogP contribution in [0.1, 0.15) is 79.9 Å². The summed E-state index contributed by atoms with van der Waals surface area (Å²) in [4.78, 5) is 37.1. The van der Waals surface area contributed by atoms with Gasteiger partial charge in [0.15, 0.2) is 0 Å². The van der Waals surface area contributed by atoms with E-state index in [9.17, 15) is 19.8 Å². The molecule has 3 aliphatic carbocycles. The Morgan fingerprint density at radius 3 is 2.62 bits per heavy atom. The molecule has 5 atom stereocenters. The van der Waals surface area contributed by atoms with Gasteiger partial charge in [0, 0.05) is 43.5 Å². The second-order valence-electron chi connectivity index (χ2n) is 14.4. The number of nitrogens with zero attached hydrogens (tertiary/aromatic N) is 4. The first-order valence-electron chi connectivity index (χ1n) is 17.4. The second-order valence-corrected chi connectivity index (χ2v) is 14.4. The number of fused-ring (bicyclic) bond motifs is 6. The molecule has 8 nitrogen and oxygen atoms in total. The van der Waals surface area contributed by atoms with Gasteiger partial charge in [-0.05, 0) is 98.1 Å². The molecule has 0 radical (unpaired) electrons. The van der Waals surface area contributed by atoms with Crippen LogP contribution in [0.25, 0.3) is 10.9 Å². The third-order valence-corrected chi connectivity index (χ3v) is 12.1. The van der Waals surface area contributed by atoms with E-state index in [0.717, 1.165) is 55.1 Å². The summed E-state index contributed by atoms with van der Waals surface area (Å²) in [6.07, 6.45) is 12.1. The highest BCUT2D eigenvalue weighted by atomic mass is 16.3. The van der Waals surface area contributed by atoms with Crippen LogP contribution in [-0.2, 0) is 11.2 Å². The number of terminal acetylenes is 1. The Labute approximate surface area is 277 Å². The van der Waals surface area contributed by atoms with Crippen molar-refractivity contribution in [1.82, 2.24) is 14.8 Å². The van der Waals surface area contributed by atoms with Gasteiger partial charge in [-0.1, -0.05) is 44.0 Å². The van der Waals surface area contributed by atoms with Gasteiger partial charge in [-0.3, -0.25) is 9.59 Å². The maximum Gasteiger partial charge on any atom is 0.272 e. The number of benzene rings is 2. The van der Waals surface area contributed by atoms with Crippen LogP contribution in [0.3, 0.4) is 0 Å². The lowest BCUT2D eigenvalue weighted by molar-refractivity contribution is -0.132. The third kappa shape index (κ3) is 5.33. The number of aliphatic hydroxyl groups is 1. The number of para-hydroxylation sites is 1. The molecule has 4 aliphatic rings. The highest BCUT2D eigenvalue weighted by Gasteiger charge is 2.61. The molecule has 47 heavy (non-hydrogen) atoms. The quantitative estimate of drug-likeness (QED) is 0.355. The zero-order valence-corrected chi connectivity index (χ0v) is 27.6. The van der Waals surface area contributed by atoms with E-state index in [-0.39, 0.29) is 23.8 Å². The number of carbonyl (C=O) groups is 2. The third-order valence-electron chi connectivity index (χ3n) is 12.1. The Balaban J connectivity index is 1.02. The standard InChI is InChI=1S/C39H46N4O4/c1-4-18-43(37(46)33-13-11-26-8-6-7-9-32(26)40-33)25-36(45)42-21-19-41(20-22-42)34-24-30-27(23-35(34)44)10-12-29-28(30)14-16-38(3)31(29)15-17-39(38,47)5-2/h2,6-9,11,13,23-24,28-29,31,44,47H,4,10,12,14-22,25H2,1,3H3/t28?,29-,31?,38+,39+/m1/s1. The van der Waals surface area contributed by atoms with Crippen molar-refractivity contribution in [3.8, 4) is 18.1 Å². The predicted molar refractivity (Wildman–Crippen MR) is 183 cm³/mol. The first-order chi connectivity index (χ1) is 22.7. The first-order valence-corrected chi connectivity index (χ1v) is 17.4. The minimum Gasteiger partial charge on any atom is -0.506 e. The van der Waals surface area contributed by atoms with Crippen LogP contribution >= 0.6 is 0 Å². The summed E-state index contributed by atoms with van der Waals surface area (Å²) < 4.78 is 0. The zero-order chi connectivity index (χ0) is 32.9. The number of piperazine rings is 1. The van der Waals surface area contributed by atoms with Crippen molar-refractivity contribution < 1.29 is 19.8 Å². The van der Waals surface area contributed by atoms with Crippen LogP contribution in [0, 0.1) is 29.6 Å². The van der Waals surface area contributed by atoms with Crippen LogP contribution < -0.4 is 4.90 Å². The Hall–Kier alpha value is -4.09. The molecular weight excluding hydrogens is 588 g/mol. The molecule has 2 N–H and O–H groups in total. The summed E-state index contributed by atoms with van der Waals surface area (Å²) in [5.41, 5.74) is 3.25. The van der Waals surface area contributed by atoms with Crippen molar-refractivity contribution in [2.75, 3.05) is 44.2 Å². The SMILES string of the molecule is C#C[C@]1(O)CCC2[C@@H]3CCc4cc(O)c(N5CCN(C(=O)CN(CCC)C(=O)c6ccc7ccccc7n6)CC5)cc4C3CC[C@@]21C. The first kappa shape index (κ1) is 31.5. The summed E-state index contributed by atoms with van der Waals surface area (Å²) in [7, 11) is 0. The minimum atomic E-state index is -1.02. The molecule has 3 aromatic rings. The predicted octanol–water partition coefficient (Wildman–Crippen LogP) is 5.36. The number of hydrogen-bond donors (Lipinski definition) is 2. The number of hydrogen-bond acceptors (Lipinski definition) is 6. The lowest BCUT2D eigenvalue weighted by Crippen LogP contribution is -2.52. The molecule has 1 saturated heterocycles. The van der Waals surface area contributed by atoms with E-state index in [4.69, 9.17) is 6.42 Å². The summed E-state index contributed by atoms with van der Waals surface area (Å²) in [5.74, 6) is 4.05. The van der Waals surface area contributed by atoms with Crippen molar-refractivity contribution >= 4 is 28.4 Å². The molecule has 8 heteroatoms. The minimum absolute atomic E-state index is 0.0171. The number of aryl methyl sites for hydroxylation is 1. The van der Waals surface area contributed by atoms with Gasteiger partial charge in [-0.25, -0.2) is 4.98 Å². The smallest absolute Gasteiger partial charge is 0.272 e. The number of aromatic hydroxyl groups is 1. The number of aromatic nitrogens is 1. The summed E-state index contributed by atoms with van der Waals surface area (Å²) in [6, 6.07) is 15.5. The van der Waals surface area contributed by atoms with Crippen molar-refractivity contribution in [3.05, 3.63) is 65.4 Å². The van der Waals surface area contributed by atoms with Gasteiger partial charge in [0.2, 0.25) is 5.91 Å². The molecule has 3 fully saturated rings. The average molecular weight is 635 g/mol. The van der Waals surface area contributed by atoms with E-state index in [1.165, 1.54) is 11.1 Å². The van der Waals surface area contributed by atoms with E-state index in [2.05, 4.69) is 28.8 Å². The molecule has 2 aromatic carbocycles. The molecule has 2 amide bonds. The molecule has 0 bridgehead atoms. The number of rotatable bonds is 6. The number of phenols is 1. The highest BCUT2D eigenvalue weighted by Crippen LogP contribution is 2.64. The normalized spacial score (nSPS) is 28.3. The van der Waals surface area contributed by atoms with Gasteiger partial charge < -0.3 is 24.9 Å². The lowest BCUT2D eigenvalue weighted by Gasteiger charge is -2.52. The highest BCUT2D eigenvalue weighted by molar-refractivity contribution is 5.97. The van der Waals surface area contributed by atoms with Crippen molar-refractivity contribution in [2.24, 2.45) is 17.3 Å². The molecule has 2 saturated carbocycles. The Kier molecular flexibility index (Phi) is 8.16. The Bertz CT molecular complexity index is 1740. The van der Waals surface area contributed by atoms with Crippen molar-refractivity contribution in [1.29, 1.82) is 0 Å². The van der Waals surface area contributed by atoms with E-state index < -0.39 is 5.60 Å². The number of anilines is 1. The van der Waals surface area contributed by atoms with E-state index in [1.807, 2.05) is 48.2 Å². The molecule has 7 rings (SSSR count). The van der Waals surface area contributed by atoms with Crippen LogP contribution in [-0.4, -0.2) is 81.7 Å². The molecule has 1 aromatic heterocycles. The number of phenolic OH excluding ortho intramolecular Hbond substituents is 1. The Morgan fingerprint density at radius 2 is 1.85 bits per heavy atom. The fourth-order valence-corrected chi connectivity index (χ4v) is 9.43. The fourth-order valence-electron chi connectivity index (χ4n) is 9.43. The van der Waals surface area contributed by atoms with Gasteiger partial charge in [0.05, 0.1) is 11.2 Å². The van der Waals surface area contributed by atoms with Crippen molar-refractivity contribution in [2.45, 2.75) is 70.3 Å². The number of amides is 2. The van der Waals surface area contributed by atoms with Gasteiger partial charge in [0.25, 0.3) is 5.91 Å². The van der Waals surface area contributed by atoms with Crippen LogP contribution in [0.2, 0.25) is 0 Å². The molecule has 1 aliphatic heterocycles. The molecule has 2 heterocycles. The summed E-state index contributed by atoms with van der Waals surface area (Å²) in [5, 5.41) is 23.5. The maximum absolute atomic E-state index is 13.5. The van der Waals surface area contributed by atoms with Gasteiger partial charge in [-0.15, -0.1) is 6.42 Å². The van der Waals surface area contributed by atoms with Gasteiger partial charge in [0.1, 0.15) is 23.6 Å². The largest absolute Gasteiger partial charge is 0.506 e. The van der Waals surface area contributed by atoms with Gasteiger partial charge in [-0.2, -0.15) is 0 Å². The van der Waals surface area contributed by atoms with Crippen LogP contribution in [0.5, 0.6) is 5.75 Å². The van der Waals surface area contributed by atoms with Crippen LogP contribution in [0.15, 0.2) is 48.5 Å². The zero-order valence-electron chi connectivity index (χ0n) is 27.6. The molecule has 0 spiro atoms. The van der Waals surface area contributed by atoms with Crippen LogP contribution in [0.4, 0.5) is 5.69 Å². The molecular formula is C39H46N4O4. The topological polar surface area (TPSA) is 97.2 Å². The number of pyridine rings is 1. The molecule has 2 unspecified atom stereocenters. The van der Waals surface area contributed by atoms with E-state index in [1.54, 1.807) is 11.0 Å². The van der Waals surface area contributed by atoms with Gasteiger partial charge >= 0.3 is 0 Å². The summed E-state index contributed by atoms with van der Waals surface area (Å²) >= 11 is 0.